The largest absolute Gasteiger partial charge is 0.479 e. The van der Waals surface area contributed by atoms with Crippen LogP contribution < -0.4 is 26.4 Å². The number of likely N-dealkylation sites (N-methyl/N-ethyl adjacent to an activating group) is 2. The molecule has 438 valence electrons. The molecule has 2 aromatic rings. The maximum atomic E-state index is 14.9. The Labute approximate surface area is 459 Å². The summed E-state index contributed by atoms with van der Waals surface area (Å²) >= 11 is 0. The van der Waals surface area contributed by atoms with Crippen LogP contribution in [0.15, 0.2) is 48.5 Å². The summed E-state index contributed by atoms with van der Waals surface area (Å²) in [5.74, 6) is -4.89. The summed E-state index contributed by atoms with van der Waals surface area (Å²) in [6.45, 7) is 15.6. The molecule has 22 heteroatoms. The highest BCUT2D eigenvalue weighted by Crippen LogP contribution is 2.34. The molecule has 0 aliphatic carbocycles. The van der Waals surface area contributed by atoms with Crippen LogP contribution in [0.25, 0.3) is 0 Å². The molecule has 15 atom stereocenters. The predicted molar refractivity (Wildman–Crippen MR) is 290 cm³/mol. The van der Waals surface area contributed by atoms with Gasteiger partial charge in [-0.25, -0.2) is 4.79 Å². The Morgan fingerprint density at radius 1 is 0.885 bits per heavy atom. The first-order valence-corrected chi connectivity index (χ1v) is 27.2. The van der Waals surface area contributed by atoms with Gasteiger partial charge in [0.1, 0.15) is 36.6 Å². The summed E-state index contributed by atoms with van der Waals surface area (Å²) < 4.78 is 23.3. The van der Waals surface area contributed by atoms with Gasteiger partial charge in [0, 0.05) is 52.3 Å². The van der Waals surface area contributed by atoms with Gasteiger partial charge in [-0.1, -0.05) is 85.2 Å². The smallest absolute Gasteiger partial charge is 0.335 e. The van der Waals surface area contributed by atoms with Gasteiger partial charge < -0.3 is 80.4 Å². The second kappa shape index (κ2) is 29.2. The van der Waals surface area contributed by atoms with Crippen molar-refractivity contribution >= 4 is 41.2 Å². The third-order valence-electron chi connectivity index (χ3n) is 15.5. The predicted octanol–water partition coefficient (Wildman–Crippen LogP) is 2.15. The summed E-state index contributed by atoms with van der Waals surface area (Å²) in [4.78, 5) is 85.8. The van der Waals surface area contributed by atoms with E-state index in [2.05, 4.69) is 16.0 Å². The van der Waals surface area contributed by atoms with Crippen LogP contribution in [0.4, 0.5) is 5.69 Å². The van der Waals surface area contributed by atoms with Gasteiger partial charge in [-0.05, 0) is 55.4 Å². The van der Waals surface area contributed by atoms with Gasteiger partial charge in [-0.3, -0.25) is 24.0 Å². The number of nitrogens with two attached hydrogens (primary N) is 1. The molecule has 2 fully saturated rings. The maximum Gasteiger partial charge on any atom is 0.335 e. The fourth-order valence-electron chi connectivity index (χ4n) is 11.1. The zero-order valence-corrected chi connectivity index (χ0v) is 47.8. The van der Waals surface area contributed by atoms with Crippen molar-refractivity contribution in [2.75, 3.05) is 53.8 Å². The number of benzene rings is 2. The molecule has 78 heavy (non-hydrogen) atoms. The van der Waals surface area contributed by atoms with E-state index in [4.69, 9.17) is 24.7 Å². The first-order chi connectivity index (χ1) is 36.6. The van der Waals surface area contributed by atoms with Crippen molar-refractivity contribution in [3.8, 4) is 5.75 Å². The number of anilines is 1. The molecule has 10 N–H and O–H groups in total. The Bertz CT molecular complexity index is 2310. The van der Waals surface area contributed by atoms with Crippen molar-refractivity contribution in [1.29, 1.82) is 0 Å². The topological polar surface area (TPSA) is 309 Å². The number of nitrogens with one attached hydrogen (secondary N) is 3. The molecule has 0 unspecified atom stereocenters. The molecule has 2 heterocycles. The first kappa shape index (κ1) is 65.2. The van der Waals surface area contributed by atoms with Gasteiger partial charge >= 0.3 is 5.97 Å². The number of hydrogen-bond acceptors (Lipinski definition) is 15. The molecule has 22 nitrogen and oxygen atoms in total. The van der Waals surface area contributed by atoms with E-state index in [0.717, 1.165) is 0 Å². The zero-order valence-electron chi connectivity index (χ0n) is 47.8. The molecule has 0 radical (unpaired) electrons. The minimum absolute atomic E-state index is 0.0224. The monoisotopic (exact) mass is 1100 g/mol. The second-order valence-electron chi connectivity index (χ2n) is 22.4. The standard InChI is InChI=1S/C56H89N7O15/c1-14-32(6)44(40(75-12)28-42(65)62-26-18-21-38(62)50(76-13)33(7)52(70)58-34(8)46(66)36-19-16-15-17-20-36)61(9)54(72)43(30(2)3)60-53(71)45(31(4)5)63(10,11)29-35-22-23-39(37(27-35)59-41(64)24-25-57)77-56-49(69)47(67)48(68)51(78-56)55(73)74/h15-17,19-20,22-23,27,30-34,38,40,43-51,56,66-69H,14,18,21,24-26,28-29,57H2,1-13H3,(H3-,58,59,60,64,70,71,73,74)/p+1/t32-,33+,34+,38-,40+,43-,44-,45-,46+,47-,48-,49+,50+,51-,56+/m0/s1. The van der Waals surface area contributed by atoms with E-state index in [1.165, 1.54) is 20.3 Å². The Morgan fingerprint density at radius 3 is 2.10 bits per heavy atom. The third kappa shape index (κ3) is 16.2. The summed E-state index contributed by atoms with van der Waals surface area (Å²) in [6.07, 6.45) is -9.97. The van der Waals surface area contributed by atoms with Crippen molar-refractivity contribution in [3.05, 3.63) is 59.7 Å². The van der Waals surface area contributed by atoms with E-state index >= 15 is 0 Å². The summed E-state index contributed by atoms with van der Waals surface area (Å²) in [7, 11) is 8.42. The van der Waals surface area contributed by atoms with Crippen molar-refractivity contribution in [3.63, 3.8) is 0 Å². The normalized spacial score (nSPS) is 23.3. The lowest BCUT2D eigenvalue weighted by atomic mass is 9.89. The van der Waals surface area contributed by atoms with Crippen LogP contribution in [0.3, 0.4) is 0 Å². The molecule has 0 bridgehead atoms. The lowest BCUT2D eigenvalue weighted by Gasteiger charge is -2.42. The maximum absolute atomic E-state index is 14.9. The van der Waals surface area contributed by atoms with E-state index in [1.807, 2.05) is 73.8 Å². The van der Waals surface area contributed by atoms with E-state index in [1.54, 1.807) is 55.0 Å². The van der Waals surface area contributed by atoms with E-state index in [9.17, 15) is 54.3 Å². The molecule has 2 aliphatic heterocycles. The highest BCUT2D eigenvalue weighted by molar-refractivity contribution is 5.92. The number of ether oxygens (including phenoxy) is 4. The van der Waals surface area contributed by atoms with Crippen molar-refractivity contribution in [1.82, 2.24) is 20.4 Å². The summed E-state index contributed by atoms with van der Waals surface area (Å²) in [6, 6.07) is 10.4. The molecular weight excluding hydrogens is 1010 g/mol. The number of carbonyl (C=O) groups excluding carboxylic acids is 5. The van der Waals surface area contributed by atoms with Gasteiger partial charge in [0.25, 0.3) is 5.91 Å². The van der Waals surface area contributed by atoms with Crippen LogP contribution in [0.5, 0.6) is 5.75 Å². The van der Waals surface area contributed by atoms with Crippen LogP contribution in [0.1, 0.15) is 105 Å². The van der Waals surface area contributed by atoms with E-state index in [-0.39, 0.29) is 83.2 Å². The van der Waals surface area contributed by atoms with Crippen LogP contribution in [0, 0.1) is 23.7 Å². The van der Waals surface area contributed by atoms with Gasteiger partial charge in [0.05, 0.1) is 68.6 Å². The van der Waals surface area contributed by atoms with Crippen LogP contribution in [0.2, 0.25) is 0 Å². The number of quaternary nitrogens is 1. The molecule has 5 amide bonds. The molecule has 2 aliphatic rings. The molecule has 0 saturated carbocycles. The summed E-state index contributed by atoms with van der Waals surface area (Å²) in [5, 5.41) is 60.6. The molecule has 2 aromatic carbocycles. The number of carbonyl (C=O) groups is 6. The number of aliphatic hydroxyl groups excluding tert-OH is 4. The number of nitrogens with zero attached hydrogens (tertiary/aromatic N) is 3. The number of carboxylic acid groups (broad SMARTS) is 1. The van der Waals surface area contributed by atoms with Gasteiger partial charge in [-0.2, -0.15) is 0 Å². The number of aliphatic carboxylic acids is 1. The average molecular weight is 1100 g/mol. The first-order valence-electron chi connectivity index (χ1n) is 27.2. The molecule has 0 aromatic heterocycles. The number of carboxylic acids is 1. The van der Waals surface area contributed by atoms with Gasteiger partial charge in [0.15, 0.2) is 12.1 Å². The SMILES string of the molecule is CC[C@H](C)[C@@H]([C@@H](CC(=O)N1CCC[C@H]1[C@H](OC)[C@@H](C)C(=O)N[C@H](C)[C@@H](O)c1ccccc1)OC)N(C)C(=O)[C@@H](NC(=O)[C@H](C(C)C)[N+](C)(C)Cc1ccc(O[C@@H]2O[C@H](C(=O)O)[C@@H](O)[C@H](O)[C@H]2O)c(NC(=O)CCN)c1)C(C)C. The molecule has 0 spiro atoms. The number of likely N-dealkylation sites (tertiary alicyclic amines) is 1. The average Bonchev–Trinajstić information content (AvgIpc) is 3.87. The third-order valence-corrected chi connectivity index (χ3v) is 15.5. The molecule has 4 rings (SSSR count). The highest BCUT2D eigenvalue weighted by Gasteiger charge is 2.49. The van der Waals surface area contributed by atoms with Crippen molar-refractivity contribution in [2.24, 2.45) is 29.4 Å². The van der Waals surface area contributed by atoms with Crippen LogP contribution >= 0.6 is 0 Å². The number of hydrogen-bond donors (Lipinski definition) is 9. The second-order valence-corrected chi connectivity index (χ2v) is 22.4. The summed E-state index contributed by atoms with van der Waals surface area (Å²) in [5.41, 5.74) is 7.04. The fourth-order valence-corrected chi connectivity index (χ4v) is 11.1. The lowest BCUT2D eigenvalue weighted by Crippen LogP contribution is -2.63. The van der Waals surface area contributed by atoms with Crippen LogP contribution in [-0.4, -0.2) is 197 Å². The van der Waals surface area contributed by atoms with Crippen molar-refractivity contribution in [2.45, 2.75) is 173 Å². The Kier molecular flexibility index (Phi) is 24.5. The lowest BCUT2D eigenvalue weighted by molar-refractivity contribution is -0.922. The number of aliphatic hydroxyl groups is 4. The molecule has 2 saturated heterocycles. The van der Waals surface area contributed by atoms with Gasteiger partial charge in [0.2, 0.25) is 29.9 Å². The van der Waals surface area contributed by atoms with Crippen LogP contribution in [-0.2, 0) is 49.5 Å². The highest BCUT2D eigenvalue weighted by atomic mass is 16.7. The van der Waals surface area contributed by atoms with Gasteiger partial charge in [-0.15, -0.1) is 0 Å². The number of methoxy groups -OCH3 is 2. The Hall–Kier alpha value is -5.30. The number of rotatable bonds is 28. The molecular formula is C56H90N7O15+. The minimum Gasteiger partial charge on any atom is -0.479 e. The van der Waals surface area contributed by atoms with E-state index in [0.29, 0.717) is 36.9 Å². The van der Waals surface area contributed by atoms with Crippen molar-refractivity contribution < 1.29 is 77.7 Å². The Morgan fingerprint density at radius 2 is 1.54 bits per heavy atom. The van der Waals surface area contributed by atoms with E-state index < -0.39 is 97.0 Å². The zero-order chi connectivity index (χ0) is 58.5. The number of amides is 5. The minimum atomic E-state index is -1.95. The quantitative estimate of drug-likeness (QED) is 0.0552. The Balaban J connectivity index is 1.53. The fraction of sp³-hybridized carbons (Fsp3) is 0.679.